The topological polar surface area (TPSA) is 26.3 Å². The van der Waals surface area contributed by atoms with E-state index in [0.717, 1.165) is 0 Å². The van der Waals surface area contributed by atoms with Gasteiger partial charge in [-0.1, -0.05) is 0 Å². The Morgan fingerprint density at radius 1 is 1.46 bits per heavy atom. The number of carbonyl (C=O) groups excluding carboxylic acids is 1. The molecule has 4 heteroatoms. The van der Waals surface area contributed by atoms with Crippen molar-refractivity contribution in [2.75, 3.05) is 13.3 Å². The molecule has 3 unspecified atom stereocenters. The fourth-order valence-electron chi connectivity index (χ4n) is 0.667. The van der Waals surface area contributed by atoms with Gasteiger partial charge in [0.15, 0.2) is 0 Å². The van der Waals surface area contributed by atoms with Crippen LogP contribution in [0.25, 0.3) is 0 Å². The molecule has 0 aliphatic heterocycles. The minimum absolute atomic E-state index is 0.154. The van der Waals surface area contributed by atoms with Crippen molar-refractivity contribution in [3.8, 4) is 0 Å². The maximum Gasteiger partial charge on any atom is 0.306 e. The Kier molecular flexibility index (Phi) is 5.86. The van der Waals surface area contributed by atoms with Crippen LogP contribution in [0.15, 0.2) is 11.9 Å². The summed E-state index contributed by atoms with van der Waals surface area (Å²) in [6.07, 6.45) is 9.67. The number of ether oxygens (including phenoxy) is 1. The molecule has 2 nitrogen and oxygen atoms in total. The highest BCUT2D eigenvalue weighted by atomic mass is 31.1. The van der Waals surface area contributed by atoms with Crippen LogP contribution in [0.5, 0.6) is 0 Å². The third-order valence-corrected chi connectivity index (χ3v) is 3.05. The highest BCUT2D eigenvalue weighted by Crippen LogP contribution is 2.27. The summed E-state index contributed by atoms with van der Waals surface area (Å²) in [6, 6.07) is 0. The van der Waals surface area contributed by atoms with Gasteiger partial charge in [0, 0.05) is 13.0 Å². The smallest absolute Gasteiger partial charge is 0.306 e. The van der Waals surface area contributed by atoms with E-state index in [0.29, 0.717) is 0 Å². The van der Waals surface area contributed by atoms with Crippen LogP contribution in [-0.4, -0.2) is 37.7 Å². The molecule has 0 aromatic rings. The first-order chi connectivity index (χ1) is 5.93. The monoisotopic (exact) mass is 218 g/mol. The van der Waals surface area contributed by atoms with Gasteiger partial charge in [-0.25, -0.2) is 0 Å². The van der Waals surface area contributed by atoms with E-state index in [9.17, 15) is 4.79 Å². The van der Waals surface area contributed by atoms with Crippen LogP contribution in [-0.2, 0) is 9.53 Å². The minimum Gasteiger partial charge on any atom is -0.416 e. The zero-order valence-electron chi connectivity index (χ0n) is 8.36. The summed E-state index contributed by atoms with van der Waals surface area (Å²) < 4.78 is 5.09. The van der Waals surface area contributed by atoms with Crippen LogP contribution in [0.1, 0.15) is 6.92 Å². The molecule has 0 bridgehead atoms. The predicted molar refractivity (Wildman–Crippen MR) is 64.6 cm³/mol. The van der Waals surface area contributed by atoms with Crippen LogP contribution >= 0.6 is 15.1 Å². The van der Waals surface area contributed by atoms with Gasteiger partial charge in [0.2, 0.25) is 0 Å². The SMILES string of the molecule is C=[P+](C)C=CC(OC(C)=O)[P+](=C)C. The van der Waals surface area contributed by atoms with E-state index in [1.54, 1.807) is 0 Å². The van der Waals surface area contributed by atoms with Crippen molar-refractivity contribution >= 4 is 33.7 Å². The lowest BCUT2D eigenvalue weighted by Gasteiger charge is -2.02. The van der Waals surface area contributed by atoms with E-state index in [2.05, 4.69) is 12.6 Å². The molecular weight excluding hydrogens is 202 g/mol. The zero-order chi connectivity index (χ0) is 10.4. The second kappa shape index (κ2) is 6.07. The average molecular weight is 218 g/mol. The molecule has 0 spiro atoms. The molecule has 0 fully saturated rings. The van der Waals surface area contributed by atoms with Gasteiger partial charge < -0.3 is 4.74 Å². The Morgan fingerprint density at radius 2 is 2.00 bits per heavy atom. The molecule has 0 saturated heterocycles. The van der Waals surface area contributed by atoms with Crippen molar-refractivity contribution in [2.24, 2.45) is 0 Å². The van der Waals surface area contributed by atoms with Crippen LogP contribution in [0, 0.1) is 0 Å². The summed E-state index contributed by atoms with van der Waals surface area (Å²) in [5, 5.41) is 0. The summed E-state index contributed by atoms with van der Waals surface area (Å²) in [7, 11) is -0.846. The molecule has 0 aliphatic rings. The third kappa shape index (κ3) is 6.69. The van der Waals surface area contributed by atoms with Gasteiger partial charge in [-0.05, 0) is 0 Å². The first-order valence-corrected chi connectivity index (χ1v) is 7.94. The lowest BCUT2D eigenvalue weighted by atomic mass is 10.7. The number of hydrogen-bond donors (Lipinski definition) is 0. The van der Waals surface area contributed by atoms with Crippen LogP contribution in [0.2, 0.25) is 0 Å². The van der Waals surface area contributed by atoms with E-state index in [-0.39, 0.29) is 19.4 Å². The van der Waals surface area contributed by atoms with Crippen LogP contribution < -0.4 is 0 Å². The van der Waals surface area contributed by atoms with Crippen LogP contribution in [0.4, 0.5) is 0 Å². The third-order valence-electron chi connectivity index (χ3n) is 1.23. The summed E-state index contributed by atoms with van der Waals surface area (Å²) in [5.74, 6) is 1.59. The lowest BCUT2D eigenvalue weighted by Crippen LogP contribution is -2.08. The standard InChI is InChI=1S/C9H16O2P2/c1-8(10)11-9(13(4)5)6-7-12(2)3/h6-7,9H,2,4H2,1,3,5H3/q+2. The minimum atomic E-state index is -0.524. The van der Waals surface area contributed by atoms with Gasteiger partial charge in [-0.15, -0.1) is 0 Å². The Balaban J connectivity index is 4.35. The maximum absolute atomic E-state index is 10.7. The molecule has 0 radical (unpaired) electrons. The second-order valence-electron chi connectivity index (χ2n) is 2.86. The summed E-state index contributed by atoms with van der Waals surface area (Å²) in [4.78, 5) is 10.7. The molecule has 0 N–H and O–H groups in total. The molecule has 3 atom stereocenters. The molecular formula is C9H16O2P2+2. The molecule has 0 amide bonds. The van der Waals surface area contributed by atoms with E-state index < -0.39 is 7.55 Å². The van der Waals surface area contributed by atoms with Gasteiger partial charge >= 0.3 is 5.97 Å². The van der Waals surface area contributed by atoms with E-state index in [1.807, 2.05) is 25.2 Å². The largest absolute Gasteiger partial charge is 0.416 e. The number of carbonyl (C=O) groups is 1. The molecule has 0 rings (SSSR count). The Hall–Kier alpha value is -0.450. The zero-order valence-corrected chi connectivity index (χ0v) is 10.1. The molecule has 0 aliphatic carbocycles. The predicted octanol–water partition coefficient (Wildman–Crippen LogP) is 2.48. The second-order valence-corrected chi connectivity index (χ2v) is 6.69. The normalized spacial score (nSPS) is 15.3. The van der Waals surface area contributed by atoms with E-state index in [1.165, 1.54) is 6.92 Å². The summed E-state index contributed by atoms with van der Waals surface area (Å²) in [6.45, 7) is 5.44. The van der Waals surface area contributed by atoms with Crippen molar-refractivity contribution < 1.29 is 9.53 Å². The number of rotatable bonds is 4. The molecule has 0 aromatic carbocycles. The van der Waals surface area contributed by atoms with Gasteiger partial charge in [0.25, 0.3) is 5.85 Å². The van der Waals surface area contributed by atoms with Crippen molar-refractivity contribution in [2.45, 2.75) is 12.8 Å². The fraction of sp³-hybridized carbons (Fsp3) is 0.444. The van der Waals surface area contributed by atoms with Crippen molar-refractivity contribution in [3.05, 3.63) is 11.9 Å². The Morgan fingerprint density at radius 3 is 2.31 bits per heavy atom. The summed E-state index contributed by atoms with van der Waals surface area (Å²) >= 11 is 0. The number of hydrogen-bond acceptors (Lipinski definition) is 2. The highest BCUT2D eigenvalue weighted by molar-refractivity contribution is 7.58. The molecule has 13 heavy (non-hydrogen) atoms. The molecule has 0 saturated carbocycles. The Bertz CT molecular complexity index is 256. The van der Waals surface area contributed by atoms with E-state index in [4.69, 9.17) is 4.74 Å². The maximum atomic E-state index is 10.7. The number of esters is 1. The van der Waals surface area contributed by atoms with Crippen molar-refractivity contribution in [1.82, 2.24) is 0 Å². The first-order valence-electron chi connectivity index (χ1n) is 3.85. The quantitative estimate of drug-likeness (QED) is 0.535. The van der Waals surface area contributed by atoms with Crippen LogP contribution in [0.3, 0.4) is 0 Å². The van der Waals surface area contributed by atoms with Gasteiger partial charge in [-0.3, -0.25) is 4.79 Å². The lowest BCUT2D eigenvalue weighted by molar-refractivity contribution is -0.141. The molecule has 0 aromatic heterocycles. The van der Waals surface area contributed by atoms with Crippen molar-refractivity contribution in [1.29, 1.82) is 0 Å². The van der Waals surface area contributed by atoms with Gasteiger partial charge in [0.05, 0.1) is 19.3 Å². The van der Waals surface area contributed by atoms with E-state index >= 15 is 0 Å². The first kappa shape index (κ1) is 12.6. The fourth-order valence-corrected chi connectivity index (χ4v) is 1.96. The average Bonchev–Trinajstić information content (AvgIpc) is 1.96. The highest BCUT2D eigenvalue weighted by Gasteiger charge is 2.18. The Labute approximate surface area is 81.8 Å². The van der Waals surface area contributed by atoms with Crippen molar-refractivity contribution in [3.63, 3.8) is 0 Å². The molecule has 0 heterocycles. The van der Waals surface area contributed by atoms with Gasteiger partial charge in [0.1, 0.15) is 27.6 Å². The summed E-state index contributed by atoms with van der Waals surface area (Å²) in [5.41, 5.74) is 0. The molecule has 72 valence electrons. The van der Waals surface area contributed by atoms with Gasteiger partial charge in [-0.2, -0.15) is 0 Å².